The smallest absolute Gasteiger partial charge is 0.329 e. The number of amides is 3. The van der Waals surface area contributed by atoms with Crippen molar-refractivity contribution in [2.24, 2.45) is 0 Å². The number of carbonyl (C=O) groups excluding carboxylic acids is 3. The summed E-state index contributed by atoms with van der Waals surface area (Å²) in [4.78, 5) is 36.8. The van der Waals surface area contributed by atoms with Crippen LogP contribution in [0.5, 0.6) is 11.5 Å². The number of methoxy groups -OCH3 is 1. The molecule has 0 unspecified atom stereocenters. The molecule has 32 heavy (non-hydrogen) atoms. The van der Waals surface area contributed by atoms with E-state index in [0.29, 0.717) is 27.2 Å². The van der Waals surface area contributed by atoms with Crippen LogP contribution in [0.1, 0.15) is 18.1 Å². The van der Waals surface area contributed by atoms with Crippen molar-refractivity contribution >= 4 is 46.6 Å². The Balaban J connectivity index is 1.83. The number of urea groups is 1. The van der Waals surface area contributed by atoms with Crippen molar-refractivity contribution in [2.75, 3.05) is 20.3 Å². The van der Waals surface area contributed by atoms with Crippen LogP contribution in [-0.4, -0.2) is 43.1 Å². The number of nitrogens with one attached hydrogen (secondary N) is 1. The zero-order valence-corrected chi connectivity index (χ0v) is 19.5. The maximum Gasteiger partial charge on any atom is 0.329 e. The van der Waals surface area contributed by atoms with Gasteiger partial charge >= 0.3 is 12.0 Å². The minimum Gasteiger partial charge on any atom is -0.490 e. The molecule has 168 valence electrons. The molecule has 3 amide bonds. The maximum absolute atomic E-state index is 13.1. The van der Waals surface area contributed by atoms with Crippen molar-refractivity contribution in [3.8, 4) is 11.5 Å². The summed E-state index contributed by atoms with van der Waals surface area (Å²) in [6, 6.07) is 8.73. The standard InChI is InChI=1S/C22H20FIN2O6/c1-3-31-18-10-14(9-17-21(28)26(22(29)25-17)11-19(27)30-2)8-16(24)20(18)32-12-13-4-6-15(23)7-5-13/h4-10H,3,11-12H2,1-2H3,(H,25,29)/b17-9+. The summed E-state index contributed by atoms with van der Waals surface area (Å²) < 4.78 is 29.9. The number of hydrogen-bond donors (Lipinski definition) is 1. The molecule has 0 atom stereocenters. The molecule has 2 aromatic carbocycles. The average Bonchev–Trinajstić information content (AvgIpc) is 3.01. The van der Waals surface area contributed by atoms with Crippen molar-refractivity contribution in [1.82, 2.24) is 10.2 Å². The van der Waals surface area contributed by atoms with Crippen LogP contribution in [0.3, 0.4) is 0 Å². The second-order valence-electron chi connectivity index (χ2n) is 6.63. The van der Waals surface area contributed by atoms with Crippen LogP contribution >= 0.6 is 22.6 Å². The highest BCUT2D eigenvalue weighted by Crippen LogP contribution is 2.35. The summed E-state index contributed by atoms with van der Waals surface area (Å²) >= 11 is 2.08. The van der Waals surface area contributed by atoms with Crippen molar-refractivity contribution in [2.45, 2.75) is 13.5 Å². The molecule has 10 heteroatoms. The molecule has 0 saturated carbocycles. The Kier molecular flexibility index (Phi) is 7.67. The molecular formula is C22H20FIN2O6. The third-order valence-corrected chi connectivity index (χ3v) is 5.22. The van der Waals surface area contributed by atoms with E-state index in [1.54, 1.807) is 24.3 Å². The van der Waals surface area contributed by atoms with Gasteiger partial charge in [-0.15, -0.1) is 0 Å². The summed E-state index contributed by atoms with van der Waals surface area (Å²) in [5.74, 6) is -0.699. The fourth-order valence-corrected chi connectivity index (χ4v) is 3.67. The number of ether oxygens (including phenoxy) is 3. The van der Waals surface area contributed by atoms with Crippen molar-refractivity contribution < 1.29 is 33.0 Å². The van der Waals surface area contributed by atoms with E-state index in [1.807, 2.05) is 6.92 Å². The first-order valence-electron chi connectivity index (χ1n) is 9.57. The first kappa shape index (κ1) is 23.5. The van der Waals surface area contributed by atoms with Crippen molar-refractivity contribution in [3.63, 3.8) is 0 Å². The van der Waals surface area contributed by atoms with Gasteiger partial charge in [0.05, 0.1) is 17.3 Å². The molecule has 1 aliphatic heterocycles. The van der Waals surface area contributed by atoms with E-state index in [1.165, 1.54) is 25.3 Å². The second kappa shape index (κ2) is 10.4. The first-order valence-corrected chi connectivity index (χ1v) is 10.6. The predicted octanol–water partition coefficient (Wildman–Crippen LogP) is 3.47. The number of nitrogens with zero attached hydrogens (tertiary/aromatic N) is 1. The van der Waals surface area contributed by atoms with Gasteiger partial charge in [0, 0.05) is 0 Å². The van der Waals surface area contributed by atoms with Crippen LogP contribution in [0.2, 0.25) is 0 Å². The Labute approximate surface area is 197 Å². The van der Waals surface area contributed by atoms with Crippen molar-refractivity contribution in [1.29, 1.82) is 0 Å². The lowest BCUT2D eigenvalue weighted by Gasteiger charge is -2.15. The third-order valence-electron chi connectivity index (χ3n) is 4.42. The fourth-order valence-electron chi connectivity index (χ4n) is 2.89. The van der Waals surface area contributed by atoms with E-state index in [0.717, 1.165) is 10.5 Å². The van der Waals surface area contributed by atoms with Gasteiger partial charge in [-0.05, 0) is 71.0 Å². The lowest BCUT2D eigenvalue weighted by atomic mass is 10.1. The largest absolute Gasteiger partial charge is 0.490 e. The zero-order chi connectivity index (χ0) is 23.3. The van der Waals surface area contributed by atoms with Crippen LogP contribution < -0.4 is 14.8 Å². The van der Waals surface area contributed by atoms with E-state index >= 15 is 0 Å². The number of hydrogen-bond acceptors (Lipinski definition) is 6. The van der Waals surface area contributed by atoms with Crippen LogP contribution in [0, 0.1) is 9.39 Å². The molecule has 0 bridgehead atoms. The molecule has 1 heterocycles. The van der Waals surface area contributed by atoms with Gasteiger partial charge in [0.1, 0.15) is 24.7 Å². The van der Waals surface area contributed by atoms with Gasteiger partial charge in [-0.1, -0.05) is 12.1 Å². The van der Waals surface area contributed by atoms with E-state index in [9.17, 15) is 18.8 Å². The highest BCUT2D eigenvalue weighted by Gasteiger charge is 2.35. The fraction of sp³-hybridized carbons (Fsp3) is 0.227. The monoisotopic (exact) mass is 554 g/mol. The molecular weight excluding hydrogens is 534 g/mol. The van der Waals surface area contributed by atoms with Gasteiger partial charge in [-0.2, -0.15) is 0 Å². The topological polar surface area (TPSA) is 94.2 Å². The predicted molar refractivity (Wildman–Crippen MR) is 121 cm³/mol. The second-order valence-corrected chi connectivity index (χ2v) is 7.80. The molecule has 1 aliphatic rings. The summed E-state index contributed by atoms with van der Waals surface area (Å²) in [5, 5.41) is 2.45. The van der Waals surface area contributed by atoms with E-state index in [2.05, 4.69) is 32.6 Å². The van der Waals surface area contributed by atoms with E-state index < -0.39 is 24.5 Å². The Morgan fingerprint density at radius 1 is 1.19 bits per heavy atom. The van der Waals surface area contributed by atoms with Gasteiger partial charge in [-0.25, -0.2) is 14.1 Å². The molecule has 1 N–H and O–H groups in total. The Morgan fingerprint density at radius 2 is 1.91 bits per heavy atom. The summed E-state index contributed by atoms with van der Waals surface area (Å²) in [7, 11) is 1.18. The zero-order valence-electron chi connectivity index (χ0n) is 17.3. The number of imide groups is 1. The Hall–Kier alpha value is -3.15. The number of carbonyl (C=O) groups is 3. The van der Waals surface area contributed by atoms with E-state index in [4.69, 9.17) is 9.47 Å². The molecule has 8 nitrogen and oxygen atoms in total. The third kappa shape index (κ3) is 5.55. The van der Waals surface area contributed by atoms with Gasteiger partial charge in [-0.3, -0.25) is 9.59 Å². The van der Waals surface area contributed by atoms with Crippen molar-refractivity contribution in [3.05, 3.63) is 62.6 Å². The molecule has 1 saturated heterocycles. The Morgan fingerprint density at radius 3 is 2.56 bits per heavy atom. The number of esters is 1. The molecule has 2 aromatic rings. The van der Waals surface area contributed by atoms with E-state index in [-0.39, 0.29) is 18.1 Å². The molecule has 1 fully saturated rings. The average molecular weight is 554 g/mol. The number of halogens is 2. The van der Waals surface area contributed by atoms with Crippen LogP contribution in [0.25, 0.3) is 6.08 Å². The quantitative estimate of drug-likeness (QED) is 0.233. The lowest BCUT2D eigenvalue weighted by Crippen LogP contribution is -2.36. The lowest BCUT2D eigenvalue weighted by molar-refractivity contribution is -0.143. The molecule has 0 aromatic heterocycles. The SMILES string of the molecule is CCOc1cc(/C=C2/NC(=O)N(CC(=O)OC)C2=O)cc(I)c1OCc1ccc(F)cc1. The number of rotatable bonds is 8. The highest BCUT2D eigenvalue weighted by molar-refractivity contribution is 14.1. The van der Waals surface area contributed by atoms with Gasteiger partial charge in [0.25, 0.3) is 5.91 Å². The van der Waals surface area contributed by atoms with Gasteiger partial charge < -0.3 is 19.5 Å². The highest BCUT2D eigenvalue weighted by atomic mass is 127. The maximum atomic E-state index is 13.1. The van der Waals surface area contributed by atoms with Crippen LogP contribution in [0.15, 0.2) is 42.1 Å². The van der Waals surface area contributed by atoms with Crippen LogP contribution in [0.4, 0.5) is 9.18 Å². The normalized spacial score (nSPS) is 14.5. The summed E-state index contributed by atoms with van der Waals surface area (Å²) in [5.41, 5.74) is 1.41. The number of benzene rings is 2. The van der Waals surface area contributed by atoms with Gasteiger partial charge in [0.2, 0.25) is 0 Å². The van der Waals surface area contributed by atoms with Crippen LogP contribution in [-0.2, 0) is 20.9 Å². The molecule has 3 rings (SSSR count). The first-order chi connectivity index (χ1) is 15.3. The Bertz CT molecular complexity index is 1070. The van der Waals surface area contributed by atoms with Gasteiger partial charge in [0.15, 0.2) is 11.5 Å². The summed E-state index contributed by atoms with van der Waals surface area (Å²) in [6.07, 6.45) is 1.49. The molecule has 0 radical (unpaired) electrons. The molecule has 0 spiro atoms. The summed E-state index contributed by atoms with van der Waals surface area (Å²) in [6.45, 7) is 1.95. The minimum absolute atomic E-state index is 0.0251. The minimum atomic E-state index is -0.703. The molecule has 0 aliphatic carbocycles.